The largest absolute Gasteiger partial charge is 0.395 e. The Hall–Kier alpha value is -3.28. The number of rotatable bonds is 8. The first-order valence-electron chi connectivity index (χ1n) is 11.2. The van der Waals surface area contributed by atoms with Gasteiger partial charge in [-0.1, -0.05) is 23.8 Å². The van der Waals surface area contributed by atoms with Crippen molar-refractivity contribution in [3.05, 3.63) is 62.3 Å². The van der Waals surface area contributed by atoms with Crippen molar-refractivity contribution in [2.75, 3.05) is 23.8 Å². The second-order valence-corrected chi connectivity index (χ2v) is 10.2. The first-order valence-corrected chi connectivity index (χ1v) is 12.8. The Bertz CT molecular complexity index is 1230. The SMILES string of the molecule is Cc1ccc(N(C(=O)c2snc(C(N)=O)c2N)[C@H](C(=O)NC[C@H]2CCCO2)c2cccs2)c(C)c1. The molecule has 3 heterocycles. The average Bonchev–Trinajstić information content (AvgIpc) is 3.58. The van der Waals surface area contributed by atoms with E-state index in [2.05, 4.69) is 9.69 Å². The number of carbonyl (C=O) groups excluding carboxylic acids is 3. The van der Waals surface area contributed by atoms with Gasteiger partial charge in [0.05, 0.1) is 11.8 Å². The van der Waals surface area contributed by atoms with Crippen molar-refractivity contribution in [3.8, 4) is 0 Å². The maximum Gasteiger partial charge on any atom is 0.273 e. The van der Waals surface area contributed by atoms with Gasteiger partial charge in [-0.3, -0.25) is 19.3 Å². The van der Waals surface area contributed by atoms with Crippen LogP contribution in [0.25, 0.3) is 0 Å². The highest BCUT2D eigenvalue weighted by Gasteiger charge is 2.37. The van der Waals surface area contributed by atoms with Gasteiger partial charge in [-0.25, -0.2) is 0 Å². The monoisotopic (exact) mass is 513 g/mol. The minimum atomic E-state index is -0.969. The summed E-state index contributed by atoms with van der Waals surface area (Å²) in [5.41, 5.74) is 13.6. The first kappa shape index (κ1) is 24.8. The van der Waals surface area contributed by atoms with Crippen molar-refractivity contribution in [1.29, 1.82) is 0 Å². The van der Waals surface area contributed by atoms with E-state index < -0.39 is 17.9 Å². The molecule has 0 spiro atoms. The molecule has 4 rings (SSSR count). The molecule has 1 aliphatic heterocycles. The van der Waals surface area contributed by atoms with E-state index >= 15 is 0 Å². The van der Waals surface area contributed by atoms with E-state index in [1.807, 2.05) is 49.6 Å². The molecule has 0 radical (unpaired) electrons. The second-order valence-electron chi connectivity index (χ2n) is 8.40. The van der Waals surface area contributed by atoms with E-state index in [1.165, 1.54) is 16.2 Å². The Morgan fingerprint density at radius 1 is 1.29 bits per heavy atom. The van der Waals surface area contributed by atoms with Gasteiger partial charge in [0.15, 0.2) is 11.7 Å². The van der Waals surface area contributed by atoms with Crippen LogP contribution in [0.15, 0.2) is 35.7 Å². The molecule has 9 nitrogen and oxygen atoms in total. The topological polar surface area (TPSA) is 141 Å². The van der Waals surface area contributed by atoms with Crippen molar-refractivity contribution in [2.24, 2.45) is 5.73 Å². The Morgan fingerprint density at radius 2 is 2.09 bits per heavy atom. The zero-order chi connectivity index (χ0) is 25.1. The molecule has 1 saturated heterocycles. The van der Waals surface area contributed by atoms with Crippen LogP contribution in [0.1, 0.15) is 55.0 Å². The fraction of sp³-hybridized carbons (Fsp3) is 0.333. The van der Waals surface area contributed by atoms with Crippen LogP contribution in [0, 0.1) is 13.8 Å². The first-order chi connectivity index (χ1) is 16.8. The Balaban J connectivity index is 1.79. The Labute approximate surface area is 211 Å². The van der Waals surface area contributed by atoms with E-state index in [0.29, 0.717) is 23.7 Å². The molecule has 11 heteroatoms. The van der Waals surface area contributed by atoms with Crippen LogP contribution in [0.5, 0.6) is 0 Å². The van der Waals surface area contributed by atoms with Crippen molar-refractivity contribution >= 4 is 52.0 Å². The Morgan fingerprint density at radius 3 is 2.69 bits per heavy atom. The van der Waals surface area contributed by atoms with Gasteiger partial charge in [0.2, 0.25) is 5.91 Å². The lowest BCUT2D eigenvalue weighted by molar-refractivity contribution is -0.122. The van der Waals surface area contributed by atoms with Gasteiger partial charge in [0.25, 0.3) is 11.8 Å². The molecule has 1 fully saturated rings. The maximum absolute atomic E-state index is 14.0. The zero-order valence-electron chi connectivity index (χ0n) is 19.4. The number of aromatic nitrogens is 1. The van der Waals surface area contributed by atoms with Gasteiger partial charge in [-0.15, -0.1) is 11.3 Å². The highest BCUT2D eigenvalue weighted by atomic mass is 32.1. The third-order valence-electron chi connectivity index (χ3n) is 5.83. The number of nitrogens with zero attached hydrogens (tertiary/aromatic N) is 2. The summed E-state index contributed by atoms with van der Waals surface area (Å²) in [5.74, 6) is -1.69. The van der Waals surface area contributed by atoms with Gasteiger partial charge < -0.3 is 21.5 Å². The number of ether oxygens (including phenoxy) is 1. The van der Waals surface area contributed by atoms with Gasteiger partial charge in [0, 0.05) is 23.7 Å². The third kappa shape index (κ3) is 5.21. The molecule has 2 atom stereocenters. The van der Waals surface area contributed by atoms with E-state index in [1.54, 1.807) is 0 Å². The third-order valence-corrected chi connectivity index (χ3v) is 7.61. The molecule has 0 bridgehead atoms. The lowest BCUT2D eigenvalue weighted by atomic mass is 10.1. The van der Waals surface area contributed by atoms with Crippen molar-refractivity contribution in [1.82, 2.24) is 9.69 Å². The van der Waals surface area contributed by atoms with E-state index in [-0.39, 0.29) is 28.3 Å². The summed E-state index contributed by atoms with van der Waals surface area (Å²) >= 11 is 2.16. The number of benzene rings is 1. The molecule has 0 saturated carbocycles. The van der Waals surface area contributed by atoms with Crippen molar-refractivity contribution in [2.45, 2.75) is 38.8 Å². The van der Waals surface area contributed by atoms with Gasteiger partial charge in [-0.2, -0.15) is 4.37 Å². The van der Waals surface area contributed by atoms with E-state index in [9.17, 15) is 14.4 Å². The number of thiophene rings is 1. The molecule has 184 valence electrons. The number of carbonyl (C=O) groups is 3. The predicted octanol–water partition coefficient (Wildman–Crippen LogP) is 3.19. The van der Waals surface area contributed by atoms with Crippen LogP contribution in [0.4, 0.5) is 11.4 Å². The summed E-state index contributed by atoms with van der Waals surface area (Å²) in [6.07, 6.45) is 1.77. The average molecular weight is 514 g/mol. The number of hydrogen-bond donors (Lipinski definition) is 3. The fourth-order valence-corrected chi connectivity index (χ4v) is 5.67. The number of nitrogen functional groups attached to an aromatic ring is 1. The van der Waals surface area contributed by atoms with Crippen LogP contribution >= 0.6 is 22.9 Å². The molecule has 2 aromatic heterocycles. The molecular formula is C24H27N5O4S2. The van der Waals surface area contributed by atoms with Gasteiger partial charge in [0.1, 0.15) is 4.88 Å². The van der Waals surface area contributed by atoms with Gasteiger partial charge in [-0.05, 0) is 61.3 Å². The van der Waals surface area contributed by atoms with E-state index in [4.69, 9.17) is 16.2 Å². The van der Waals surface area contributed by atoms with Crippen molar-refractivity contribution < 1.29 is 19.1 Å². The van der Waals surface area contributed by atoms with E-state index in [0.717, 1.165) is 35.5 Å². The molecular weight excluding hydrogens is 486 g/mol. The molecule has 0 unspecified atom stereocenters. The summed E-state index contributed by atoms with van der Waals surface area (Å²) in [6.45, 7) is 4.86. The minimum Gasteiger partial charge on any atom is -0.395 e. The van der Waals surface area contributed by atoms with Crippen LogP contribution in [0.2, 0.25) is 0 Å². The molecule has 5 N–H and O–H groups in total. The summed E-state index contributed by atoms with van der Waals surface area (Å²) in [7, 11) is 0. The molecule has 1 aliphatic rings. The summed E-state index contributed by atoms with van der Waals surface area (Å²) in [4.78, 5) is 41.5. The Kier molecular flexibility index (Phi) is 7.48. The van der Waals surface area contributed by atoms with Gasteiger partial charge >= 0.3 is 0 Å². The highest BCUT2D eigenvalue weighted by Crippen LogP contribution is 2.36. The summed E-state index contributed by atoms with van der Waals surface area (Å²) < 4.78 is 9.63. The quantitative estimate of drug-likeness (QED) is 0.422. The molecule has 3 amide bonds. The fourth-order valence-electron chi connectivity index (χ4n) is 4.12. The lowest BCUT2D eigenvalue weighted by Gasteiger charge is -2.32. The predicted molar refractivity (Wildman–Crippen MR) is 137 cm³/mol. The molecule has 35 heavy (non-hydrogen) atoms. The summed E-state index contributed by atoms with van der Waals surface area (Å²) in [5, 5.41) is 4.82. The van der Waals surface area contributed by atoms with Crippen LogP contribution in [-0.4, -0.2) is 41.4 Å². The number of anilines is 2. The standard InChI is InChI=1S/C24H27N5O4S2/c1-13-7-8-16(14(2)11-13)29(24(32)21-18(25)19(22(26)30)28-35-21)20(17-6-4-10-34-17)23(31)27-12-15-5-3-9-33-15/h4,6-8,10-11,15,20H,3,5,9,12,25H2,1-2H3,(H2,26,30)(H,27,31)/t15-,20+/m1/s1. The molecule has 3 aromatic rings. The molecule has 1 aromatic carbocycles. The smallest absolute Gasteiger partial charge is 0.273 e. The van der Waals surface area contributed by atoms with Crippen LogP contribution in [-0.2, 0) is 9.53 Å². The number of nitrogens with one attached hydrogen (secondary N) is 1. The summed E-state index contributed by atoms with van der Waals surface area (Å²) in [6, 6.07) is 8.30. The number of amides is 3. The number of nitrogens with two attached hydrogens (primary N) is 2. The van der Waals surface area contributed by atoms with Crippen LogP contribution in [0.3, 0.4) is 0 Å². The number of aryl methyl sites for hydroxylation is 2. The molecule has 0 aliphatic carbocycles. The van der Waals surface area contributed by atoms with Crippen LogP contribution < -0.4 is 21.7 Å². The number of hydrogen-bond acceptors (Lipinski definition) is 8. The highest BCUT2D eigenvalue weighted by molar-refractivity contribution is 7.10. The number of primary amides is 1. The minimum absolute atomic E-state index is 0.0484. The normalized spacial score (nSPS) is 16.1. The maximum atomic E-state index is 14.0. The van der Waals surface area contributed by atoms with Crippen molar-refractivity contribution in [3.63, 3.8) is 0 Å². The second kappa shape index (κ2) is 10.5. The zero-order valence-corrected chi connectivity index (χ0v) is 21.1. The lowest BCUT2D eigenvalue weighted by Crippen LogP contribution is -2.45.